The van der Waals surface area contributed by atoms with Gasteiger partial charge in [0.2, 0.25) is 0 Å². The van der Waals surface area contributed by atoms with Gasteiger partial charge < -0.3 is 10.4 Å². The van der Waals surface area contributed by atoms with E-state index in [0.29, 0.717) is 12.1 Å². The minimum absolute atomic E-state index is 0.0704. The Hall–Kier alpha value is -0.840. The van der Waals surface area contributed by atoms with Crippen molar-refractivity contribution in [2.24, 2.45) is 5.41 Å². The lowest BCUT2D eigenvalue weighted by Crippen LogP contribution is -2.34. The second-order valence-corrected chi connectivity index (χ2v) is 5.95. The number of amides is 1. The van der Waals surface area contributed by atoms with Crippen molar-refractivity contribution >= 4 is 29.1 Å². The smallest absolute Gasteiger partial charge is 0.251 e. The molecule has 0 saturated carbocycles. The summed E-state index contributed by atoms with van der Waals surface area (Å²) >= 11 is 11.5. The van der Waals surface area contributed by atoms with E-state index in [0.717, 1.165) is 12.8 Å². The van der Waals surface area contributed by atoms with Gasteiger partial charge in [0, 0.05) is 18.7 Å². The quantitative estimate of drug-likeness (QED) is 0.794. The minimum Gasteiger partial charge on any atom is -0.396 e. The number of hydrogen-bond donors (Lipinski definition) is 2. The van der Waals surface area contributed by atoms with Gasteiger partial charge in [-0.15, -0.1) is 0 Å². The first-order valence-corrected chi connectivity index (χ1v) is 6.82. The Labute approximate surface area is 123 Å². The highest BCUT2D eigenvalue weighted by atomic mass is 35.5. The van der Waals surface area contributed by atoms with Crippen molar-refractivity contribution in [3.8, 4) is 0 Å². The summed E-state index contributed by atoms with van der Waals surface area (Å²) in [7, 11) is 0. The van der Waals surface area contributed by atoms with E-state index in [1.165, 1.54) is 12.1 Å². The molecule has 0 aliphatic carbocycles. The molecule has 0 aliphatic rings. The van der Waals surface area contributed by atoms with Crippen LogP contribution >= 0.6 is 23.2 Å². The van der Waals surface area contributed by atoms with Gasteiger partial charge in [-0.2, -0.15) is 0 Å². The van der Waals surface area contributed by atoms with Crippen LogP contribution in [0.2, 0.25) is 10.3 Å². The van der Waals surface area contributed by atoms with Crippen molar-refractivity contribution in [1.29, 1.82) is 0 Å². The van der Waals surface area contributed by atoms with E-state index in [1.54, 1.807) is 0 Å². The Morgan fingerprint density at radius 2 is 1.95 bits per heavy atom. The Morgan fingerprint density at radius 3 is 2.47 bits per heavy atom. The number of aliphatic hydroxyl groups is 1. The summed E-state index contributed by atoms with van der Waals surface area (Å²) < 4.78 is 0. The number of nitrogens with zero attached hydrogens (tertiary/aromatic N) is 1. The van der Waals surface area contributed by atoms with Gasteiger partial charge in [0.15, 0.2) is 0 Å². The normalized spacial score (nSPS) is 11.4. The van der Waals surface area contributed by atoms with Crippen molar-refractivity contribution < 1.29 is 9.90 Å². The van der Waals surface area contributed by atoms with Crippen LogP contribution in [0.3, 0.4) is 0 Å². The molecule has 0 bridgehead atoms. The van der Waals surface area contributed by atoms with E-state index in [9.17, 15) is 4.79 Å². The molecule has 106 valence electrons. The number of carbonyl (C=O) groups excluding carboxylic acids is 1. The first kappa shape index (κ1) is 16.2. The van der Waals surface area contributed by atoms with E-state index in [4.69, 9.17) is 28.3 Å². The number of halogens is 2. The molecule has 0 aliphatic heterocycles. The zero-order valence-corrected chi connectivity index (χ0v) is 12.6. The molecule has 0 spiro atoms. The number of carbonyl (C=O) groups is 1. The highest BCUT2D eigenvalue weighted by Gasteiger charge is 2.19. The fourth-order valence-corrected chi connectivity index (χ4v) is 2.12. The summed E-state index contributed by atoms with van der Waals surface area (Å²) in [5.41, 5.74) is 0.321. The van der Waals surface area contributed by atoms with Crippen LogP contribution in [0.25, 0.3) is 0 Å². The monoisotopic (exact) mass is 304 g/mol. The molecule has 0 unspecified atom stereocenters. The molecule has 1 heterocycles. The molecule has 1 aromatic heterocycles. The third kappa shape index (κ3) is 5.76. The lowest BCUT2D eigenvalue weighted by molar-refractivity contribution is 0.0933. The Morgan fingerprint density at radius 1 is 1.37 bits per heavy atom. The van der Waals surface area contributed by atoms with Crippen molar-refractivity contribution in [2.45, 2.75) is 26.7 Å². The van der Waals surface area contributed by atoms with E-state index in [1.807, 2.05) is 13.8 Å². The summed E-state index contributed by atoms with van der Waals surface area (Å²) in [6.07, 6.45) is 1.55. The Kier molecular flexibility index (Phi) is 6.04. The van der Waals surface area contributed by atoms with Crippen LogP contribution in [0.15, 0.2) is 12.1 Å². The molecule has 1 amide bonds. The lowest BCUT2D eigenvalue weighted by atomic mass is 9.88. The summed E-state index contributed by atoms with van der Waals surface area (Å²) in [5.74, 6) is -0.233. The number of hydrogen-bond acceptors (Lipinski definition) is 3. The second-order valence-electron chi connectivity index (χ2n) is 5.18. The van der Waals surface area contributed by atoms with Crippen molar-refractivity contribution in [3.05, 3.63) is 28.0 Å². The predicted octanol–water partition coefficient (Wildman–Crippen LogP) is 2.92. The van der Waals surface area contributed by atoms with Gasteiger partial charge in [0.05, 0.1) is 0 Å². The topological polar surface area (TPSA) is 62.2 Å². The Bertz CT molecular complexity index is 430. The zero-order chi connectivity index (χ0) is 14.5. The molecule has 4 nitrogen and oxygen atoms in total. The molecular formula is C13H18Cl2N2O2. The molecule has 0 aromatic carbocycles. The minimum atomic E-state index is -0.233. The first-order chi connectivity index (χ1) is 8.84. The summed E-state index contributed by atoms with van der Waals surface area (Å²) in [5, 5.41) is 12.0. The largest absolute Gasteiger partial charge is 0.396 e. The number of pyridine rings is 1. The van der Waals surface area contributed by atoms with Gasteiger partial charge in [0.1, 0.15) is 10.3 Å². The maximum absolute atomic E-state index is 12.0. The van der Waals surface area contributed by atoms with Crippen LogP contribution in [0.5, 0.6) is 0 Å². The molecule has 1 rings (SSSR count). The van der Waals surface area contributed by atoms with Crippen LogP contribution in [-0.4, -0.2) is 29.1 Å². The number of nitrogens with one attached hydrogen (secondary N) is 1. The molecule has 0 fully saturated rings. The average molecular weight is 305 g/mol. The molecule has 1 aromatic rings. The van der Waals surface area contributed by atoms with Gasteiger partial charge in [-0.05, 0) is 30.4 Å². The lowest BCUT2D eigenvalue weighted by Gasteiger charge is -2.24. The van der Waals surface area contributed by atoms with Crippen LogP contribution in [0.1, 0.15) is 37.0 Å². The average Bonchev–Trinajstić information content (AvgIpc) is 2.32. The summed E-state index contributed by atoms with van der Waals surface area (Å²) in [4.78, 5) is 15.8. The zero-order valence-electron chi connectivity index (χ0n) is 11.0. The fraction of sp³-hybridized carbons (Fsp3) is 0.538. The molecule has 0 atom stereocenters. The van der Waals surface area contributed by atoms with Crippen molar-refractivity contribution in [3.63, 3.8) is 0 Å². The van der Waals surface area contributed by atoms with Gasteiger partial charge in [-0.25, -0.2) is 4.98 Å². The molecule has 2 N–H and O–H groups in total. The number of aromatic nitrogens is 1. The number of aliphatic hydroxyl groups excluding tert-OH is 1. The van der Waals surface area contributed by atoms with Crippen molar-refractivity contribution in [1.82, 2.24) is 10.3 Å². The molecule has 19 heavy (non-hydrogen) atoms. The Balaban J connectivity index is 2.60. The highest BCUT2D eigenvalue weighted by molar-refractivity contribution is 6.33. The molecule has 0 radical (unpaired) electrons. The molecular weight excluding hydrogens is 287 g/mol. The van der Waals surface area contributed by atoms with Gasteiger partial charge in [0.25, 0.3) is 5.91 Å². The third-order valence-corrected chi connectivity index (χ3v) is 3.15. The van der Waals surface area contributed by atoms with Gasteiger partial charge in [-0.1, -0.05) is 37.0 Å². The first-order valence-electron chi connectivity index (χ1n) is 6.06. The van der Waals surface area contributed by atoms with E-state index in [-0.39, 0.29) is 28.2 Å². The maximum Gasteiger partial charge on any atom is 0.251 e. The van der Waals surface area contributed by atoms with Gasteiger partial charge >= 0.3 is 0 Å². The van der Waals surface area contributed by atoms with E-state index < -0.39 is 0 Å². The third-order valence-electron chi connectivity index (χ3n) is 2.76. The molecule has 0 saturated heterocycles. The highest BCUT2D eigenvalue weighted by Crippen LogP contribution is 2.21. The van der Waals surface area contributed by atoms with E-state index in [2.05, 4.69) is 10.3 Å². The van der Waals surface area contributed by atoms with Crippen molar-refractivity contribution in [2.75, 3.05) is 13.2 Å². The van der Waals surface area contributed by atoms with E-state index >= 15 is 0 Å². The SMILES string of the molecule is CC(C)(CCCO)CNC(=O)c1cc(Cl)nc(Cl)c1. The summed E-state index contributed by atoms with van der Waals surface area (Å²) in [6.45, 7) is 4.75. The van der Waals surface area contributed by atoms with Gasteiger partial charge in [-0.3, -0.25) is 4.79 Å². The van der Waals surface area contributed by atoms with Crippen LogP contribution < -0.4 is 5.32 Å². The predicted molar refractivity (Wildman–Crippen MR) is 76.7 cm³/mol. The standard InChI is InChI=1S/C13H18Cl2N2O2/c1-13(2,4-3-5-18)8-16-12(19)9-6-10(14)17-11(15)7-9/h6-7,18H,3-5,8H2,1-2H3,(H,16,19). The van der Waals surface area contributed by atoms with Crippen LogP contribution in [0, 0.1) is 5.41 Å². The number of rotatable bonds is 6. The maximum atomic E-state index is 12.0. The summed E-state index contributed by atoms with van der Waals surface area (Å²) in [6, 6.07) is 2.95. The molecule has 6 heteroatoms. The van der Waals surface area contributed by atoms with Crippen LogP contribution in [0.4, 0.5) is 0 Å². The van der Waals surface area contributed by atoms with Crippen LogP contribution in [-0.2, 0) is 0 Å². The fourth-order valence-electron chi connectivity index (χ4n) is 1.66. The second kappa shape index (κ2) is 7.08.